The molecule has 3 nitrogen and oxygen atoms in total. The predicted octanol–water partition coefficient (Wildman–Crippen LogP) is 2.33. The summed E-state index contributed by atoms with van der Waals surface area (Å²) in [5.41, 5.74) is -0.527. The Balaban J connectivity index is 2.37. The van der Waals surface area contributed by atoms with Gasteiger partial charge in [0.2, 0.25) is 0 Å². The molecule has 6 heteroatoms. The average molecular weight is 269 g/mol. The van der Waals surface area contributed by atoms with Crippen molar-refractivity contribution >= 4 is 5.69 Å². The van der Waals surface area contributed by atoms with Crippen LogP contribution in [0.15, 0.2) is 18.2 Å². The zero-order valence-corrected chi connectivity index (χ0v) is 10.5. The quantitative estimate of drug-likeness (QED) is 0.784. The Labute approximate surface area is 109 Å². The summed E-state index contributed by atoms with van der Waals surface area (Å²) in [5, 5.41) is 8.73. The number of benzene rings is 1. The van der Waals surface area contributed by atoms with Crippen LogP contribution < -0.4 is 4.90 Å². The van der Waals surface area contributed by atoms with E-state index in [1.54, 1.807) is 11.0 Å². The van der Waals surface area contributed by atoms with Crippen molar-refractivity contribution < 1.29 is 13.2 Å². The predicted molar refractivity (Wildman–Crippen MR) is 65.9 cm³/mol. The molecule has 1 aromatic rings. The summed E-state index contributed by atoms with van der Waals surface area (Å²) < 4.78 is 39.1. The van der Waals surface area contributed by atoms with Crippen LogP contribution >= 0.6 is 0 Å². The first kappa shape index (κ1) is 13.7. The molecule has 0 radical (unpaired) electrons. The lowest BCUT2D eigenvalue weighted by Crippen LogP contribution is -2.45. The van der Waals surface area contributed by atoms with E-state index in [4.69, 9.17) is 5.26 Å². The highest BCUT2D eigenvalue weighted by Crippen LogP contribution is 2.37. The highest BCUT2D eigenvalue weighted by Gasteiger charge is 2.35. The van der Waals surface area contributed by atoms with E-state index in [1.165, 1.54) is 12.1 Å². The Morgan fingerprint density at radius 2 is 1.79 bits per heavy atom. The molecule has 0 spiro atoms. The number of nitrogens with zero attached hydrogens (tertiary/aromatic N) is 3. The van der Waals surface area contributed by atoms with Crippen LogP contribution in [0.25, 0.3) is 0 Å². The van der Waals surface area contributed by atoms with Gasteiger partial charge >= 0.3 is 6.18 Å². The highest BCUT2D eigenvalue weighted by atomic mass is 19.4. The maximum Gasteiger partial charge on any atom is 0.418 e. The van der Waals surface area contributed by atoms with E-state index in [9.17, 15) is 13.2 Å². The fourth-order valence-electron chi connectivity index (χ4n) is 2.16. The molecule has 0 unspecified atom stereocenters. The number of hydrogen-bond acceptors (Lipinski definition) is 3. The molecule has 0 aliphatic carbocycles. The molecule has 1 aliphatic rings. The monoisotopic (exact) mass is 269 g/mol. The number of halogens is 3. The minimum absolute atomic E-state index is 0.0326. The normalized spacial score (nSPS) is 17.3. The average Bonchev–Trinajstić information content (AvgIpc) is 2.38. The highest BCUT2D eigenvalue weighted by molar-refractivity contribution is 5.58. The fraction of sp³-hybridized carbons (Fsp3) is 0.462. The summed E-state index contributed by atoms with van der Waals surface area (Å²) in [5.74, 6) is 0. The minimum atomic E-state index is -4.44. The Bertz CT molecular complexity index is 497. The fourth-order valence-corrected chi connectivity index (χ4v) is 2.16. The van der Waals surface area contributed by atoms with Crippen molar-refractivity contribution in [3.63, 3.8) is 0 Å². The SMILES string of the molecule is CN1CCN(c2ccc(C#N)cc2C(F)(F)F)CC1. The first-order chi connectivity index (χ1) is 8.91. The van der Waals surface area contributed by atoms with Crippen LogP contribution in [-0.2, 0) is 6.18 Å². The molecule has 2 rings (SSSR count). The van der Waals surface area contributed by atoms with Crippen molar-refractivity contribution in [1.29, 1.82) is 5.26 Å². The van der Waals surface area contributed by atoms with Gasteiger partial charge in [0, 0.05) is 31.9 Å². The number of alkyl halides is 3. The molecule has 0 N–H and O–H groups in total. The van der Waals surface area contributed by atoms with Crippen molar-refractivity contribution in [2.24, 2.45) is 0 Å². The summed E-state index contributed by atoms with van der Waals surface area (Å²) in [7, 11) is 1.95. The van der Waals surface area contributed by atoms with Gasteiger partial charge in [0.1, 0.15) is 0 Å². The first-order valence-corrected chi connectivity index (χ1v) is 5.96. The second kappa shape index (κ2) is 5.10. The van der Waals surface area contributed by atoms with E-state index in [-0.39, 0.29) is 11.3 Å². The molecule has 1 heterocycles. The maximum absolute atomic E-state index is 13.0. The van der Waals surface area contributed by atoms with Crippen LogP contribution in [-0.4, -0.2) is 38.1 Å². The Kier molecular flexibility index (Phi) is 3.67. The summed E-state index contributed by atoms with van der Waals surface area (Å²) in [6.45, 7) is 2.59. The number of rotatable bonds is 1. The van der Waals surface area contributed by atoms with Crippen LogP contribution in [0.3, 0.4) is 0 Å². The van der Waals surface area contributed by atoms with Crippen LogP contribution in [0, 0.1) is 11.3 Å². The molecule has 0 aromatic heterocycles. The summed E-state index contributed by atoms with van der Waals surface area (Å²) >= 11 is 0. The van der Waals surface area contributed by atoms with E-state index in [0.29, 0.717) is 13.1 Å². The van der Waals surface area contributed by atoms with Gasteiger partial charge in [0.25, 0.3) is 0 Å². The van der Waals surface area contributed by atoms with E-state index >= 15 is 0 Å². The second-order valence-corrected chi connectivity index (χ2v) is 4.63. The van der Waals surface area contributed by atoms with Crippen LogP contribution in [0.5, 0.6) is 0 Å². The molecule has 1 saturated heterocycles. The second-order valence-electron chi connectivity index (χ2n) is 4.63. The number of likely N-dealkylation sites (N-methyl/N-ethyl adjacent to an activating group) is 1. The molecular formula is C13H14F3N3. The number of piperazine rings is 1. The van der Waals surface area contributed by atoms with Gasteiger partial charge in [-0.1, -0.05) is 0 Å². The lowest BCUT2D eigenvalue weighted by Gasteiger charge is -2.35. The van der Waals surface area contributed by atoms with Crippen molar-refractivity contribution in [2.75, 3.05) is 38.1 Å². The van der Waals surface area contributed by atoms with E-state index in [1.807, 2.05) is 7.05 Å². The van der Waals surface area contributed by atoms with Gasteiger partial charge in [0.05, 0.1) is 17.2 Å². The molecule has 0 bridgehead atoms. The molecule has 102 valence electrons. The number of hydrogen-bond donors (Lipinski definition) is 0. The van der Waals surface area contributed by atoms with Crippen LogP contribution in [0.2, 0.25) is 0 Å². The Morgan fingerprint density at radius 3 is 2.32 bits per heavy atom. The zero-order chi connectivity index (χ0) is 14.0. The number of nitriles is 1. The summed E-state index contributed by atoms with van der Waals surface area (Å²) in [6.07, 6.45) is -4.44. The summed E-state index contributed by atoms with van der Waals surface area (Å²) in [4.78, 5) is 3.80. The van der Waals surface area contributed by atoms with Gasteiger partial charge in [-0.3, -0.25) is 0 Å². The van der Waals surface area contributed by atoms with Crippen molar-refractivity contribution in [3.8, 4) is 6.07 Å². The van der Waals surface area contributed by atoms with Crippen molar-refractivity contribution in [3.05, 3.63) is 29.3 Å². The van der Waals surface area contributed by atoms with Gasteiger partial charge in [0.15, 0.2) is 0 Å². The molecule has 0 amide bonds. The maximum atomic E-state index is 13.0. The Hall–Kier alpha value is -1.74. The van der Waals surface area contributed by atoms with E-state index in [0.717, 1.165) is 19.2 Å². The van der Waals surface area contributed by atoms with Gasteiger partial charge in [-0.2, -0.15) is 18.4 Å². The molecule has 0 atom stereocenters. The van der Waals surface area contributed by atoms with Gasteiger partial charge < -0.3 is 9.80 Å². The minimum Gasteiger partial charge on any atom is -0.368 e. The van der Waals surface area contributed by atoms with Gasteiger partial charge in [-0.25, -0.2) is 0 Å². The third kappa shape index (κ3) is 2.99. The lowest BCUT2D eigenvalue weighted by molar-refractivity contribution is -0.137. The standard InChI is InChI=1S/C13H14F3N3/c1-18-4-6-19(7-5-18)12-3-2-10(9-17)8-11(12)13(14,15)16/h2-3,8H,4-7H2,1H3. The topological polar surface area (TPSA) is 30.3 Å². The molecule has 1 fully saturated rings. The van der Waals surface area contributed by atoms with E-state index < -0.39 is 11.7 Å². The molecule has 19 heavy (non-hydrogen) atoms. The molecule has 1 aromatic carbocycles. The third-order valence-corrected chi connectivity index (χ3v) is 3.28. The van der Waals surface area contributed by atoms with Gasteiger partial charge in [-0.05, 0) is 25.2 Å². The zero-order valence-electron chi connectivity index (χ0n) is 10.5. The molecule has 1 aliphatic heterocycles. The number of anilines is 1. The molecule has 0 saturated carbocycles. The lowest BCUT2D eigenvalue weighted by atomic mass is 10.1. The van der Waals surface area contributed by atoms with Crippen LogP contribution in [0.1, 0.15) is 11.1 Å². The van der Waals surface area contributed by atoms with E-state index in [2.05, 4.69) is 4.90 Å². The molecular weight excluding hydrogens is 255 g/mol. The first-order valence-electron chi connectivity index (χ1n) is 5.96. The van der Waals surface area contributed by atoms with Crippen molar-refractivity contribution in [2.45, 2.75) is 6.18 Å². The Morgan fingerprint density at radius 1 is 1.16 bits per heavy atom. The third-order valence-electron chi connectivity index (χ3n) is 3.28. The smallest absolute Gasteiger partial charge is 0.368 e. The van der Waals surface area contributed by atoms with Crippen molar-refractivity contribution in [1.82, 2.24) is 4.90 Å². The van der Waals surface area contributed by atoms with Gasteiger partial charge in [-0.15, -0.1) is 0 Å². The largest absolute Gasteiger partial charge is 0.418 e. The van der Waals surface area contributed by atoms with Crippen LogP contribution in [0.4, 0.5) is 18.9 Å². The summed E-state index contributed by atoms with van der Waals surface area (Å²) in [6, 6.07) is 5.50.